The highest BCUT2D eigenvalue weighted by atomic mass is 16.5. The Morgan fingerprint density at radius 1 is 1.29 bits per heavy atom. The first-order chi connectivity index (χ1) is 8.42. The SMILES string of the molecule is c1cc2c(nc1CC1CCCC1)OCCNC2. The van der Waals surface area contributed by atoms with Crippen LogP contribution in [0.2, 0.25) is 0 Å². The standard InChI is InChI=1S/C14H20N2O/c1-2-4-11(3-1)9-13-6-5-12-10-15-7-8-17-14(12)16-13/h5-6,11,15H,1-4,7-10H2. The molecule has 0 unspecified atom stereocenters. The molecular weight excluding hydrogens is 212 g/mol. The predicted octanol–water partition coefficient (Wildman–Crippen LogP) is 2.30. The van der Waals surface area contributed by atoms with Crippen molar-refractivity contribution in [2.45, 2.75) is 38.6 Å². The van der Waals surface area contributed by atoms with E-state index in [1.54, 1.807) is 0 Å². The Kier molecular flexibility index (Phi) is 3.27. The number of nitrogens with zero attached hydrogens (tertiary/aromatic N) is 1. The lowest BCUT2D eigenvalue weighted by Crippen LogP contribution is -2.16. The Balaban J connectivity index is 1.74. The van der Waals surface area contributed by atoms with Crippen LogP contribution >= 0.6 is 0 Å². The summed E-state index contributed by atoms with van der Waals surface area (Å²) in [5.41, 5.74) is 2.40. The number of pyridine rings is 1. The number of rotatable bonds is 2. The molecule has 1 aliphatic carbocycles. The van der Waals surface area contributed by atoms with Crippen molar-refractivity contribution in [3.05, 3.63) is 23.4 Å². The topological polar surface area (TPSA) is 34.1 Å². The molecule has 2 aliphatic rings. The first kappa shape index (κ1) is 11.0. The quantitative estimate of drug-likeness (QED) is 0.849. The maximum Gasteiger partial charge on any atom is 0.218 e. The van der Waals surface area contributed by atoms with Gasteiger partial charge in [0.1, 0.15) is 6.61 Å². The maximum absolute atomic E-state index is 5.68. The van der Waals surface area contributed by atoms with Crippen molar-refractivity contribution in [3.8, 4) is 5.88 Å². The molecule has 0 saturated heterocycles. The van der Waals surface area contributed by atoms with Gasteiger partial charge in [-0.05, 0) is 18.4 Å². The van der Waals surface area contributed by atoms with Crippen molar-refractivity contribution in [1.82, 2.24) is 10.3 Å². The molecule has 0 bridgehead atoms. The molecule has 3 heteroatoms. The molecule has 1 N–H and O–H groups in total. The van der Waals surface area contributed by atoms with E-state index in [1.807, 2.05) is 0 Å². The van der Waals surface area contributed by atoms with E-state index < -0.39 is 0 Å². The Morgan fingerprint density at radius 3 is 3.06 bits per heavy atom. The lowest BCUT2D eigenvalue weighted by molar-refractivity contribution is 0.312. The van der Waals surface area contributed by atoms with E-state index in [9.17, 15) is 0 Å². The summed E-state index contributed by atoms with van der Waals surface area (Å²) >= 11 is 0. The fourth-order valence-corrected chi connectivity index (χ4v) is 2.83. The average Bonchev–Trinajstić information content (AvgIpc) is 2.73. The third kappa shape index (κ3) is 2.60. The Hall–Kier alpha value is -1.09. The summed E-state index contributed by atoms with van der Waals surface area (Å²) in [6.45, 7) is 2.52. The molecule has 1 aromatic rings. The van der Waals surface area contributed by atoms with Crippen molar-refractivity contribution in [2.75, 3.05) is 13.2 Å². The van der Waals surface area contributed by atoms with Gasteiger partial charge in [-0.1, -0.05) is 31.7 Å². The monoisotopic (exact) mass is 232 g/mol. The van der Waals surface area contributed by atoms with Crippen LogP contribution in [0.4, 0.5) is 0 Å². The average molecular weight is 232 g/mol. The molecule has 1 aromatic heterocycles. The van der Waals surface area contributed by atoms with Crippen LogP contribution in [0.5, 0.6) is 5.88 Å². The zero-order chi connectivity index (χ0) is 11.5. The largest absolute Gasteiger partial charge is 0.476 e. The summed E-state index contributed by atoms with van der Waals surface area (Å²) in [7, 11) is 0. The number of nitrogens with one attached hydrogen (secondary N) is 1. The molecule has 0 amide bonds. The summed E-state index contributed by atoms with van der Waals surface area (Å²) < 4.78 is 5.68. The molecule has 17 heavy (non-hydrogen) atoms. The van der Waals surface area contributed by atoms with Crippen LogP contribution in [0.25, 0.3) is 0 Å². The minimum atomic E-state index is 0.729. The van der Waals surface area contributed by atoms with Gasteiger partial charge in [-0.15, -0.1) is 0 Å². The van der Waals surface area contributed by atoms with Crippen LogP contribution in [0.1, 0.15) is 36.9 Å². The zero-order valence-electron chi connectivity index (χ0n) is 10.2. The maximum atomic E-state index is 5.68. The number of fused-ring (bicyclic) bond motifs is 1. The molecule has 1 saturated carbocycles. The van der Waals surface area contributed by atoms with Gasteiger partial charge in [0.25, 0.3) is 0 Å². The molecule has 0 aromatic carbocycles. The van der Waals surface area contributed by atoms with Gasteiger partial charge in [-0.25, -0.2) is 4.98 Å². The van der Waals surface area contributed by atoms with Crippen LogP contribution in [-0.4, -0.2) is 18.1 Å². The molecule has 3 nitrogen and oxygen atoms in total. The molecule has 1 fully saturated rings. The number of hydrogen-bond donors (Lipinski definition) is 1. The summed E-state index contributed by atoms with van der Waals surface area (Å²) in [5.74, 6) is 1.70. The Bertz CT molecular complexity index is 386. The molecule has 0 radical (unpaired) electrons. The van der Waals surface area contributed by atoms with Crippen molar-refractivity contribution >= 4 is 0 Å². The van der Waals surface area contributed by atoms with E-state index in [2.05, 4.69) is 22.4 Å². The van der Waals surface area contributed by atoms with Crippen molar-refractivity contribution in [3.63, 3.8) is 0 Å². The minimum Gasteiger partial charge on any atom is -0.476 e. The second-order valence-corrected chi connectivity index (χ2v) is 5.15. The highest BCUT2D eigenvalue weighted by molar-refractivity contribution is 5.29. The van der Waals surface area contributed by atoms with Crippen LogP contribution in [0.15, 0.2) is 12.1 Å². The summed E-state index contributed by atoms with van der Waals surface area (Å²) in [4.78, 5) is 4.67. The number of ether oxygens (including phenoxy) is 1. The van der Waals surface area contributed by atoms with E-state index in [-0.39, 0.29) is 0 Å². The van der Waals surface area contributed by atoms with E-state index >= 15 is 0 Å². The van der Waals surface area contributed by atoms with E-state index in [4.69, 9.17) is 4.74 Å². The number of hydrogen-bond acceptors (Lipinski definition) is 3. The third-order valence-corrected chi connectivity index (χ3v) is 3.80. The van der Waals surface area contributed by atoms with Crippen molar-refractivity contribution in [1.29, 1.82) is 0 Å². The Labute approximate surface area is 103 Å². The summed E-state index contributed by atoms with van der Waals surface area (Å²) in [6.07, 6.45) is 6.68. The van der Waals surface area contributed by atoms with Crippen molar-refractivity contribution < 1.29 is 4.74 Å². The first-order valence-electron chi connectivity index (χ1n) is 6.74. The molecule has 1 aliphatic heterocycles. The normalized spacial score (nSPS) is 20.7. The van der Waals surface area contributed by atoms with Crippen LogP contribution in [0, 0.1) is 5.92 Å². The fourth-order valence-electron chi connectivity index (χ4n) is 2.83. The van der Waals surface area contributed by atoms with Gasteiger partial charge >= 0.3 is 0 Å². The van der Waals surface area contributed by atoms with Crippen LogP contribution in [0.3, 0.4) is 0 Å². The molecule has 0 spiro atoms. The fraction of sp³-hybridized carbons (Fsp3) is 0.643. The summed E-state index contributed by atoms with van der Waals surface area (Å²) in [6, 6.07) is 4.35. The zero-order valence-corrected chi connectivity index (χ0v) is 10.2. The second kappa shape index (κ2) is 5.05. The predicted molar refractivity (Wildman–Crippen MR) is 67.1 cm³/mol. The van der Waals surface area contributed by atoms with Gasteiger partial charge < -0.3 is 10.1 Å². The molecule has 92 valence electrons. The summed E-state index contributed by atoms with van der Waals surface area (Å²) in [5, 5.41) is 3.33. The van der Waals surface area contributed by atoms with Gasteiger partial charge in [-0.3, -0.25) is 0 Å². The van der Waals surface area contributed by atoms with Crippen LogP contribution in [-0.2, 0) is 13.0 Å². The smallest absolute Gasteiger partial charge is 0.218 e. The van der Waals surface area contributed by atoms with Gasteiger partial charge in [0.2, 0.25) is 5.88 Å². The molecule has 3 rings (SSSR count). The van der Waals surface area contributed by atoms with Crippen molar-refractivity contribution in [2.24, 2.45) is 5.92 Å². The van der Waals surface area contributed by atoms with E-state index in [0.717, 1.165) is 37.9 Å². The second-order valence-electron chi connectivity index (χ2n) is 5.15. The highest BCUT2D eigenvalue weighted by Crippen LogP contribution is 2.28. The van der Waals surface area contributed by atoms with Gasteiger partial charge in [0, 0.05) is 24.3 Å². The number of aromatic nitrogens is 1. The molecular formula is C14H20N2O. The van der Waals surface area contributed by atoms with Crippen LogP contribution < -0.4 is 10.1 Å². The highest BCUT2D eigenvalue weighted by Gasteiger charge is 2.17. The molecule has 0 atom stereocenters. The lowest BCUT2D eigenvalue weighted by Gasteiger charge is -2.11. The van der Waals surface area contributed by atoms with E-state index in [0.29, 0.717) is 0 Å². The Morgan fingerprint density at radius 2 is 2.18 bits per heavy atom. The van der Waals surface area contributed by atoms with E-state index in [1.165, 1.54) is 36.9 Å². The molecule has 2 heterocycles. The lowest BCUT2D eigenvalue weighted by atomic mass is 10.0. The van der Waals surface area contributed by atoms with Gasteiger partial charge in [0.05, 0.1) is 0 Å². The third-order valence-electron chi connectivity index (χ3n) is 3.80. The van der Waals surface area contributed by atoms with Gasteiger partial charge in [-0.2, -0.15) is 0 Å². The first-order valence-corrected chi connectivity index (χ1v) is 6.74. The van der Waals surface area contributed by atoms with Gasteiger partial charge in [0.15, 0.2) is 0 Å². The minimum absolute atomic E-state index is 0.729.